The molecule has 0 aliphatic carbocycles. The molecule has 1 aromatic rings. The maximum atomic E-state index is 10.5. The van der Waals surface area contributed by atoms with Crippen LogP contribution in [0.4, 0.5) is 0 Å². The maximum absolute atomic E-state index is 10.5. The molecule has 1 N–H and O–H groups in total. The normalized spacial score (nSPS) is 27.5. The second kappa shape index (κ2) is 8.06. The van der Waals surface area contributed by atoms with Crippen LogP contribution in [0.25, 0.3) is 5.57 Å². The molecule has 0 amide bonds. The number of allylic oxidation sites excluding steroid dienone is 1. The van der Waals surface area contributed by atoms with E-state index in [9.17, 15) is 5.11 Å². The average Bonchev–Trinajstić information content (AvgIpc) is 2.96. The van der Waals surface area contributed by atoms with Gasteiger partial charge in [-0.05, 0) is 17.6 Å². The van der Waals surface area contributed by atoms with Gasteiger partial charge in [-0.15, -0.1) is 0 Å². The number of hydrogen-bond acceptors (Lipinski definition) is 4. The molecule has 0 unspecified atom stereocenters. The SMILES string of the molecule is CC/C=C(/CN1C[C@H](O)[C@@H](N2CCOCC2)C1)c1ccccc1. The molecule has 0 bridgehead atoms. The Morgan fingerprint density at radius 3 is 2.65 bits per heavy atom. The van der Waals surface area contributed by atoms with Gasteiger partial charge in [0, 0.05) is 38.8 Å². The second-order valence-electron chi connectivity index (χ2n) is 6.48. The summed E-state index contributed by atoms with van der Waals surface area (Å²) in [6.07, 6.45) is 3.09. The third-order valence-electron chi connectivity index (χ3n) is 4.84. The predicted molar refractivity (Wildman–Crippen MR) is 93.3 cm³/mol. The topological polar surface area (TPSA) is 35.9 Å². The van der Waals surface area contributed by atoms with Gasteiger partial charge in [0.1, 0.15) is 0 Å². The lowest BCUT2D eigenvalue weighted by atomic mass is 10.0. The van der Waals surface area contributed by atoms with Gasteiger partial charge in [-0.2, -0.15) is 0 Å². The first-order valence-corrected chi connectivity index (χ1v) is 8.74. The minimum Gasteiger partial charge on any atom is -0.390 e. The van der Waals surface area contributed by atoms with Crippen molar-refractivity contribution in [3.05, 3.63) is 42.0 Å². The number of aliphatic hydroxyl groups is 1. The van der Waals surface area contributed by atoms with Gasteiger partial charge in [0.2, 0.25) is 0 Å². The Hall–Kier alpha value is -1.20. The summed E-state index contributed by atoms with van der Waals surface area (Å²) in [6.45, 7) is 8.24. The van der Waals surface area contributed by atoms with Gasteiger partial charge in [-0.3, -0.25) is 9.80 Å². The molecule has 2 heterocycles. The Bertz CT molecular complexity index is 511. The molecule has 0 radical (unpaired) electrons. The largest absolute Gasteiger partial charge is 0.390 e. The van der Waals surface area contributed by atoms with E-state index in [2.05, 4.69) is 53.1 Å². The number of ether oxygens (including phenoxy) is 1. The van der Waals surface area contributed by atoms with Crippen molar-refractivity contribution in [2.75, 3.05) is 45.9 Å². The molecule has 0 aromatic heterocycles. The summed E-state index contributed by atoms with van der Waals surface area (Å²) in [5.41, 5.74) is 2.65. The van der Waals surface area contributed by atoms with Crippen molar-refractivity contribution in [2.24, 2.45) is 0 Å². The van der Waals surface area contributed by atoms with Crippen LogP contribution in [-0.2, 0) is 4.74 Å². The molecule has 0 spiro atoms. The molecule has 4 nitrogen and oxygen atoms in total. The highest BCUT2D eigenvalue weighted by Crippen LogP contribution is 2.22. The molecule has 1 aromatic carbocycles. The lowest BCUT2D eigenvalue weighted by molar-refractivity contribution is -0.00613. The summed E-state index contributed by atoms with van der Waals surface area (Å²) in [5, 5.41) is 10.5. The van der Waals surface area contributed by atoms with E-state index in [0.29, 0.717) is 0 Å². The van der Waals surface area contributed by atoms with Crippen LogP contribution in [0.15, 0.2) is 36.4 Å². The van der Waals surface area contributed by atoms with Gasteiger partial charge in [0.05, 0.1) is 19.3 Å². The van der Waals surface area contributed by atoms with E-state index >= 15 is 0 Å². The first kappa shape index (κ1) is 16.7. The molecule has 2 fully saturated rings. The zero-order chi connectivity index (χ0) is 16.1. The standard InChI is InChI=1S/C19H28N2O2/c1-2-6-17(16-7-4-3-5-8-16)13-20-14-18(19(22)15-20)21-9-11-23-12-10-21/h3-8,18-19,22H,2,9-15H2,1H3/b17-6-/t18-,19-/m0/s1. The monoisotopic (exact) mass is 316 g/mol. The number of β-amino-alcohol motifs (C(OH)–C–C–N with tert-alkyl or cyclic N) is 1. The van der Waals surface area contributed by atoms with Gasteiger partial charge in [0.25, 0.3) is 0 Å². The number of nitrogens with zero attached hydrogens (tertiary/aromatic N) is 2. The minimum atomic E-state index is -0.258. The average molecular weight is 316 g/mol. The highest BCUT2D eigenvalue weighted by molar-refractivity contribution is 5.66. The fourth-order valence-electron chi connectivity index (χ4n) is 3.66. The molecule has 2 saturated heterocycles. The zero-order valence-corrected chi connectivity index (χ0v) is 14.0. The van der Waals surface area contributed by atoms with E-state index in [0.717, 1.165) is 52.4 Å². The Morgan fingerprint density at radius 1 is 1.22 bits per heavy atom. The van der Waals surface area contributed by atoms with Crippen molar-refractivity contribution in [1.82, 2.24) is 9.80 Å². The molecule has 2 aliphatic heterocycles. The Labute approximate surface area is 139 Å². The van der Waals surface area contributed by atoms with Gasteiger partial charge < -0.3 is 9.84 Å². The highest BCUT2D eigenvalue weighted by Gasteiger charge is 2.36. The van der Waals surface area contributed by atoms with Crippen molar-refractivity contribution >= 4 is 5.57 Å². The summed E-state index contributed by atoms with van der Waals surface area (Å²) >= 11 is 0. The molecule has 2 aliphatic rings. The second-order valence-corrected chi connectivity index (χ2v) is 6.48. The summed E-state index contributed by atoms with van der Waals surface area (Å²) < 4.78 is 5.43. The quantitative estimate of drug-likeness (QED) is 0.899. The third kappa shape index (κ3) is 4.21. The number of benzene rings is 1. The third-order valence-corrected chi connectivity index (χ3v) is 4.84. The van der Waals surface area contributed by atoms with Gasteiger partial charge in [0.15, 0.2) is 0 Å². The fraction of sp³-hybridized carbons (Fsp3) is 0.579. The Kier molecular flexibility index (Phi) is 5.84. The van der Waals surface area contributed by atoms with Crippen LogP contribution < -0.4 is 0 Å². The van der Waals surface area contributed by atoms with Crippen LogP contribution in [0.3, 0.4) is 0 Å². The first-order chi connectivity index (χ1) is 11.3. The Balaban J connectivity index is 1.64. The molecular formula is C19H28N2O2. The summed E-state index contributed by atoms with van der Waals surface area (Å²) in [7, 11) is 0. The number of morpholine rings is 1. The lowest BCUT2D eigenvalue weighted by Crippen LogP contribution is -2.48. The number of hydrogen-bond donors (Lipinski definition) is 1. The van der Waals surface area contributed by atoms with Crippen molar-refractivity contribution in [2.45, 2.75) is 25.5 Å². The lowest BCUT2D eigenvalue weighted by Gasteiger charge is -2.33. The van der Waals surface area contributed by atoms with Crippen LogP contribution in [0.5, 0.6) is 0 Å². The predicted octanol–water partition coefficient (Wildman–Crippen LogP) is 1.86. The first-order valence-electron chi connectivity index (χ1n) is 8.74. The van der Waals surface area contributed by atoms with Crippen molar-refractivity contribution in [1.29, 1.82) is 0 Å². The van der Waals surface area contributed by atoms with Crippen LogP contribution >= 0.6 is 0 Å². The number of likely N-dealkylation sites (tertiary alicyclic amines) is 1. The van der Waals surface area contributed by atoms with E-state index < -0.39 is 0 Å². The van der Waals surface area contributed by atoms with Crippen LogP contribution in [0.1, 0.15) is 18.9 Å². The summed E-state index contributed by atoms with van der Waals surface area (Å²) in [6, 6.07) is 10.8. The van der Waals surface area contributed by atoms with E-state index in [4.69, 9.17) is 4.74 Å². The van der Waals surface area contributed by atoms with Crippen LogP contribution in [0.2, 0.25) is 0 Å². The van der Waals surface area contributed by atoms with Gasteiger partial charge in [-0.25, -0.2) is 0 Å². The van der Waals surface area contributed by atoms with Gasteiger partial charge in [-0.1, -0.05) is 43.3 Å². The molecule has 0 saturated carbocycles. The minimum absolute atomic E-state index is 0.248. The summed E-state index contributed by atoms with van der Waals surface area (Å²) in [4.78, 5) is 4.78. The Morgan fingerprint density at radius 2 is 1.96 bits per heavy atom. The fourth-order valence-corrected chi connectivity index (χ4v) is 3.66. The molecular weight excluding hydrogens is 288 g/mol. The maximum Gasteiger partial charge on any atom is 0.0834 e. The van der Waals surface area contributed by atoms with Crippen molar-refractivity contribution < 1.29 is 9.84 Å². The highest BCUT2D eigenvalue weighted by atomic mass is 16.5. The van der Waals surface area contributed by atoms with Crippen LogP contribution in [-0.4, -0.2) is 73.0 Å². The summed E-state index contributed by atoms with van der Waals surface area (Å²) in [5.74, 6) is 0. The van der Waals surface area contributed by atoms with E-state index in [-0.39, 0.29) is 12.1 Å². The molecule has 2 atom stereocenters. The zero-order valence-electron chi connectivity index (χ0n) is 14.0. The van der Waals surface area contributed by atoms with Crippen molar-refractivity contribution in [3.63, 3.8) is 0 Å². The molecule has 126 valence electrons. The molecule has 23 heavy (non-hydrogen) atoms. The van der Waals surface area contributed by atoms with E-state index in [1.807, 2.05) is 0 Å². The smallest absolute Gasteiger partial charge is 0.0834 e. The van der Waals surface area contributed by atoms with E-state index in [1.165, 1.54) is 11.1 Å². The van der Waals surface area contributed by atoms with Crippen molar-refractivity contribution in [3.8, 4) is 0 Å². The molecule has 3 rings (SSSR count). The van der Waals surface area contributed by atoms with E-state index in [1.54, 1.807) is 0 Å². The van der Waals surface area contributed by atoms with Gasteiger partial charge >= 0.3 is 0 Å². The number of aliphatic hydroxyl groups excluding tert-OH is 1. The number of rotatable bonds is 5. The molecule has 4 heteroatoms. The van der Waals surface area contributed by atoms with Crippen LogP contribution in [0, 0.1) is 0 Å².